The van der Waals surface area contributed by atoms with Crippen molar-refractivity contribution in [3.63, 3.8) is 0 Å². The van der Waals surface area contributed by atoms with Crippen molar-refractivity contribution in [1.82, 2.24) is 0 Å². The maximum atomic E-state index is 13.1. The number of rotatable bonds is 5. The van der Waals surface area contributed by atoms with Crippen LogP contribution in [0.2, 0.25) is 5.02 Å². The summed E-state index contributed by atoms with van der Waals surface area (Å²) in [7, 11) is -4.81. The van der Waals surface area contributed by atoms with Crippen molar-refractivity contribution in [3.05, 3.63) is 89.4 Å². The number of benzene rings is 4. The lowest BCUT2D eigenvalue weighted by Gasteiger charge is -2.15. The fourth-order valence-electron chi connectivity index (χ4n) is 3.22. The predicted octanol–water partition coefficient (Wildman–Crippen LogP) is 5.41. The van der Waals surface area contributed by atoms with Crippen LogP contribution >= 0.6 is 11.6 Å². The topological polar surface area (TPSA) is 113 Å². The summed E-state index contributed by atoms with van der Waals surface area (Å²) in [5.41, 5.74) is 1.11. The van der Waals surface area contributed by atoms with Crippen LogP contribution in [0, 0.1) is 0 Å². The molecule has 0 saturated heterocycles. The number of phenolic OH excluding ortho intramolecular Hbond substituents is 1. The average molecular weight is 470 g/mol. The molecule has 4 aromatic carbocycles. The van der Waals surface area contributed by atoms with Gasteiger partial charge >= 0.3 is 5.97 Å². The van der Waals surface area contributed by atoms with Crippen LogP contribution in [-0.4, -0.2) is 24.0 Å². The van der Waals surface area contributed by atoms with E-state index in [1.54, 1.807) is 24.3 Å². The number of carbonyl (C=O) groups excluding carboxylic acids is 1. The quantitative estimate of drug-likeness (QED) is 0.203. The van der Waals surface area contributed by atoms with Gasteiger partial charge in [0.15, 0.2) is 5.75 Å². The summed E-state index contributed by atoms with van der Waals surface area (Å²) in [6.07, 6.45) is 0. The van der Waals surface area contributed by atoms with Gasteiger partial charge in [-0.3, -0.25) is 4.55 Å². The molecule has 32 heavy (non-hydrogen) atoms. The molecule has 0 spiro atoms. The highest BCUT2D eigenvalue weighted by atomic mass is 35.5. The fourth-order valence-corrected chi connectivity index (χ4v) is 4.04. The molecule has 0 aliphatic carbocycles. The van der Waals surface area contributed by atoms with Gasteiger partial charge in [-0.05, 0) is 30.3 Å². The maximum Gasteiger partial charge on any atom is 0.345 e. The smallest absolute Gasteiger partial charge is 0.345 e. The summed E-state index contributed by atoms with van der Waals surface area (Å²) < 4.78 is 39.0. The van der Waals surface area contributed by atoms with Crippen molar-refractivity contribution >= 4 is 49.8 Å². The molecule has 4 rings (SSSR count). The van der Waals surface area contributed by atoms with Crippen molar-refractivity contribution in [2.45, 2.75) is 4.90 Å². The number of hydrogen-bond acceptors (Lipinski definition) is 6. The second-order valence-electron chi connectivity index (χ2n) is 6.81. The van der Waals surface area contributed by atoms with Crippen LogP contribution in [0.5, 0.6) is 11.5 Å². The Morgan fingerprint density at radius 1 is 0.906 bits per heavy atom. The van der Waals surface area contributed by atoms with E-state index in [0.717, 1.165) is 6.07 Å². The van der Waals surface area contributed by atoms with Gasteiger partial charge in [0.2, 0.25) is 0 Å². The third-order valence-electron chi connectivity index (χ3n) is 4.67. The SMILES string of the molecule is O=C(Oc1c(S(=O)(=O)O)cc(O)c2ccccc12)c1ccc(Cl)cc1Nc1ccccc1. The van der Waals surface area contributed by atoms with Gasteiger partial charge in [0.05, 0.1) is 11.3 Å². The van der Waals surface area contributed by atoms with E-state index in [1.807, 2.05) is 18.2 Å². The molecule has 0 atom stereocenters. The number of ether oxygens (including phenoxy) is 1. The summed E-state index contributed by atoms with van der Waals surface area (Å²) in [6.45, 7) is 0. The molecule has 0 fully saturated rings. The molecule has 162 valence electrons. The number of carbonyl (C=O) groups is 1. The number of hydrogen-bond donors (Lipinski definition) is 3. The lowest BCUT2D eigenvalue weighted by Crippen LogP contribution is -2.14. The summed E-state index contributed by atoms with van der Waals surface area (Å²) in [4.78, 5) is 12.4. The van der Waals surface area contributed by atoms with Crippen molar-refractivity contribution in [2.75, 3.05) is 5.32 Å². The number of halogens is 1. The number of phenols is 1. The van der Waals surface area contributed by atoms with Crippen LogP contribution in [0.15, 0.2) is 83.8 Å². The number of fused-ring (bicyclic) bond motifs is 1. The van der Waals surface area contributed by atoms with Crippen molar-refractivity contribution in [1.29, 1.82) is 0 Å². The van der Waals surface area contributed by atoms with Gasteiger partial charge in [-0.1, -0.05) is 54.1 Å². The molecule has 9 heteroatoms. The first kappa shape index (κ1) is 21.6. The lowest BCUT2D eigenvalue weighted by atomic mass is 10.1. The lowest BCUT2D eigenvalue weighted by molar-refractivity contribution is 0.0733. The van der Waals surface area contributed by atoms with Gasteiger partial charge in [0.1, 0.15) is 10.6 Å². The van der Waals surface area contributed by atoms with Crippen LogP contribution in [0.1, 0.15) is 10.4 Å². The van der Waals surface area contributed by atoms with Crippen molar-refractivity contribution in [2.24, 2.45) is 0 Å². The Bertz CT molecular complexity index is 1440. The normalized spacial score (nSPS) is 11.3. The van der Waals surface area contributed by atoms with Crippen molar-refractivity contribution in [3.8, 4) is 11.5 Å². The number of anilines is 2. The highest BCUT2D eigenvalue weighted by Gasteiger charge is 2.25. The molecular weight excluding hydrogens is 454 g/mol. The minimum atomic E-state index is -4.81. The van der Waals surface area contributed by atoms with E-state index in [9.17, 15) is 22.9 Å². The summed E-state index contributed by atoms with van der Waals surface area (Å²) >= 11 is 6.10. The van der Waals surface area contributed by atoms with Crippen LogP contribution in [0.4, 0.5) is 11.4 Å². The van der Waals surface area contributed by atoms with Crippen molar-refractivity contribution < 1.29 is 27.6 Å². The molecule has 0 aliphatic heterocycles. The minimum absolute atomic E-state index is 0.0803. The summed E-state index contributed by atoms with van der Waals surface area (Å²) in [6, 6.07) is 20.5. The standard InChI is InChI=1S/C23H16ClNO6S/c24-14-10-11-18(19(12-14)25-15-6-2-1-3-7-15)23(27)31-22-17-9-5-4-8-16(17)20(26)13-21(22)32(28,29)30/h1-13,25-26H,(H,28,29,30). The summed E-state index contributed by atoms with van der Waals surface area (Å²) in [5, 5.41) is 14.0. The Morgan fingerprint density at radius 3 is 2.25 bits per heavy atom. The predicted molar refractivity (Wildman–Crippen MR) is 122 cm³/mol. The molecule has 0 unspecified atom stereocenters. The van der Waals surface area contributed by atoms with E-state index in [2.05, 4.69) is 5.32 Å². The first-order valence-electron chi connectivity index (χ1n) is 9.30. The molecule has 3 N–H and O–H groups in total. The first-order valence-corrected chi connectivity index (χ1v) is 11.1. The molecule has 0 saturated carbocycles. The zero-order valence-electron chi connectivity index (χ0n) is 16.3. The Morgan fingerprint density at radius 2 is 1.56 bits per heavy atom. The van der Waals surface area contributed by atoms with Crippen LogP contribution in [0.3, 0.4) is 0 Å². The van der Waals surface area contributed by atoms with Gasteiger partial charge in [0.25, 0.3) is 10.1 Å². The Kier molecular flexibility index (Phi) is 5.75. The van der Waals surface area contributed by atoms with E-state index in [1.165, 1.54) is 30.3 Å². The molecule has 7 nitrogen and oxygen atoms in total. The largest absolute Gasteiger partial charge is 0.507 e. The maximum absolute atomic E-state index is 13.1. The molecule has 0 bridgehead atoms. The molecule has 4 aromatic rings. The Balaban J connectivity index is 1.81. The third-order valence-corrected chi connectivity index (χ3v) is 5.76. The zero-order chi connectivity index (χ0) is 22.9. The van der Waals surface area contributed by atoms with E-state index in [0.29, 0.717) is 16.4 Å². The molecule has 0 amide bonds. The Hall–Kier alpha value is -3.59. The first-order chi connectivity index (χ1) is 15.2. The average Bonchev–Trinajstić information content (AvgIpc) is 2.75. The van der Waals surface area contributed by atoms with Gasteiger partial charge in [-0.15, -0.1) is 0 Å². The fraction of sp³-hybridized carbons (Fsp3) is 0. The zero-order valence-corrected chi connectivity index (χ0v) is 17.9. The molecule has 0 heterocycles. The molecule has 0 radical (unpaired) electrons. The van der Waals surface area contributed by atoms with Gasteiger partial charge in [-0.2, -0.15) is 8.42 Å². The van der Waals surface area contributed by atoms with E-state index >= 15 is 0 Å². The molecule has 0 aliphatic rings. The summed E-state index contributed by atoms with van der Waals surface area (Å²) in [5.74, 6) is -1.67. The molecular formula is C23H16ClNO6S. The van der Waals surface area contributed by atoms with Gasteiger partial charge in [0, 0.05) is 27.5 Å². The van der Waals surface area contributed by atoms with Crippen LogP contribution in [-0.2, 0) is 10.1 Å². The monoisotopic (exact) mass is 469 g/mol. The third kappa shape index (κ3) is 4.38. The van der Waals surface area contributed by atoms with E-state index < -0.39 is 26.7 Å². The second kappa shape index (κ2) is 8.51. The number of aromatic hydroxyl groups is 1. The highest BCUT2D eigenvalue weighted by molar-refractivity contribution is 7.86. The molecule has 0 aromatic heterocycles. The van der Waals surface area contributed by atoms with E-state index in [4.69, 9.17) is 16.3 Å². The van der Waals surface area contributed by atoms with E-state index in [-0.39, 0.29) is 22.1 Å². The van der Waals surface area contributed by atoms with Gasteiger partial charge in [-0.25, -0.2) is 4.79 Å². The Labute approximate surface area is 188 Å². The van der Waals surface area contributed by atoms with Gasteiger partial charge < -0.3 is 15.2 Å². The number of esters is 1. The second-order valence-corrected chi connectivity index (χ2v) is 8.64. The van der Waals surface area contributed by atoms with Crippen LogP contribution < -0.4 is 10.1 Å². The highest BCUT2D eigenvalue weighted by Crippen LogP contribution is 2.39. The van der Waals surface area contributed by atoms with Crippen LogP contribution in [0.25, 0.3) is 10.8 Å². The minimum Gasteiger partial charge on any atom is -0.507 e. The number of para-hydroxylation sites is 1. The number of nitrogens with one attached hydrogen (secondary N) is 1.